The van der Waals surface area contributed by atoms with Crippen molar-refractivity contribution in [1.82, 2.24) is 20.1 Å². The lowest BCUT2D eigenvalue weighted by atomic mass is 9.82. The fourth-order valence-corrected chi connectivity index (χ4v) is 4.34. The first kappa shape index (κ1) is 19.6. The average Bonchev–Trinajstić information content (AvgIpc) is 2.94. The van der Waals surface area contributed by atoms with Crippen molar-refractivity contribution >= 4 is 29.4 Å². The predicted octanol–water partition coefficient (Wildman–Crippen LogP) is 1.03. The average molecular weight is 400 g/mol. The molecular formula is C20H28N6O3. The van der Waals surface area contributed by atoms with Gasteiger partial charge in [0.05, 0.1) is 11.9 Å². The zero-order valence-electron chi connectivity index (χ0n) is 16.8. The summed E-state index contributed by atoms with van der Waals surface area (Å²) < 4.78 is 0. The summed E-state index contributed by atoms with van der Waals surface area (Å²) in [6.45, 7) is 3.54. The molecule has 0 aromatic carbocycles. The Morgan fingerprint density at radius 2 is 1.86 bits per heavy atom. The highest BCUT2D eigenvalue weighted by atomic mass is 16.2. The van der Waals surface area contributed by atoms with Crippen LogP contribution in [-0.2, 0) is 9.59 Å². The third kappa shape index (κ3) is 4.05. The Morgan fingerprint density at radius 1 is 1.14 bits per heavy atom. The van der Waals surface area contributed by atoms with Gasteiger partial charge in [0.1, 0.15) is 17.9 Å². The van der Waals surface area contributed by atoms with Crippen molar-refractivity contribution in [2.75, 3.05) is 50.0 Å². The minimum Gasteiger partial charge on any atom is -0.354 e. The Labute approximate surface area is 170 Å². The smallest absolute Gasteiger partial charge is 0.325 e. The fourth-order valence-electron chi connectivity index (χ4n) is 4.34. The van der Waals surface area contributed by atoms with Crippen LogP contribution in [0.2, 0.25) is 0 Å². The van der Waals surface area contributed by atoms with Gasteiger partial charge in [0, 0.05) is 26.2 Å². The highest BCUT2D eigenvalue weighted by Gasteiger charge is 2.51. The van der Waals surface area contributed by atoms with Crippen molar-refractivity contribution in [2.45, 2.75) is 37.6 Å². The molecule has 0 atom stereocenters. The van der Waals surface area contributed by atoms with Crippen LogP contribution in [0.15, 0.2) is 18.3 Å². The molecule has 29 heavy (non-hydrogen) atoms. The molecule has 1 saturated carbocycles. The van der Waals surface area contributed by atoms with Crippen LogP contribution < -0.4 is 15.5 Å². The SMILES string of the molecule is CN1CCN(c2ccc(NC(=O)CN3C(=O)NC4(CCCCC4)C3=O)cn2)CC1. The number of hydrogen-bond acceptors (Lipinski definition) is 6. The molecule has 1 spiro atoms. The number of likely N-dealkylation sites (N-methyl/N-ethyl adjacent to an activating group) is 1. The first-order valence-corrected chi connectivity index (χ1v) is 10.3. The summed E-state index contributed by atoms with van der Waals surface area (Å²) in [6, 6.07) is 3.20. The van der Waals surface area contributed by atoms with Gasteiger partial charge in [-0.1, -0.05) is 19.3 Å². The van der Waals surface area contributed by atoms with Crippen LogP contribution >= 0.6 is 0 Å². The van der Waals surface area contributed by atoms with Gasteiger partial charge in [0.15, 0.2) is 0 Å². The summed E-state index contributed by atoms with van der Waals surface area (Å²) in [4.78, 5) is 47.4. The van der Waals surface area contributed by atoms with E-state index in [1.807, 2.05) is 6.07 Å². The molecule has 0 unspecified atom stereocenters. The van der Waals surface area contributed by atoms with Gasteiger partial charge in [-0.15, -0.1) is 0 Å². The molecule has 9 heteroatoms. The van der Waals surface area contributed by atoms with E-state index in [9.17, 15) is 14.4 Å². The Hall–Kier alpha value is -2.68. The minimum absolute atomic E-state index is 0.277. The Kier molecular flexibility index (Phi) is 5.40. The number of pyridine rings is 1. The van der Waals surface area contributed by atoms with Gasteiger partial charge in [-0.25, -0.2) is 9.78 Å². The Bertz CT molecular complexity index is 782. The predicted molar refractivity (Wildman–Crippen MR) is 109 cm³/mol. The van der Waals surface area contributed by atoms with Crippen LogP contribution in [0.25, 0.3) is 0 Å². The minimum atomic E-state index is -0.804. The van der Waals surface area contributed by atoms with Crippen LogP contribution in [0.1, 0.15) is 32.1 Å². The molecule has 4 rings (SSSR count). The number of urea groups is 1. The summed E-state index contributed by atoms with van der Waals surface area (Å²) in [7, 11) is 2.10. The molecule has 3 fully saturated rings. The zero-order chi connectivity index (χ0) is 20.4. The molecule has 1 aliphatic carbocycles. The molecule has 1 aromatic heterocycles. The second-order valence-corrected chi connectivity index (χ2v) is 8.21. The van der Waals surface area contributed by atoms with Crippen LogP contribution in [0.5, 0.6) is 0 Å². The standard InChI is InChI=1S/C20H28N6O3/c1-24-9-11-25(12-10-24)16-6-5-15(13-21-16)22-17(27)14-26-18(28)20(23-19(26)29)7-3-2-4-8-20/h5-6,13H,2-4,7-12,14H2,1H3,(H,22,27)(H,23,29). The number of piperazine rings is 1. The molecule has 2 aliphatic heterocycles. The molecule has 156 valence electrons. The monoisotopic (exact) mass is 400 g/mol. The lowest BCUT2D eigenvalue weighted by Crippen LogP contribution is -2.48. The van der Waals surface area contributed by atoms with E-state index in [0.717, 1.165) is 56.2 Å². The molecule has 2 saturated heterocycles. The number of anilines is 2. The van der Waals surface area contributed by atoms with Crippen molar-refractivity contribution in [2.24, 2.45) is 0 Å². The van der Waals surface area contributed by atoms with Gasteiger partial charge in [-0.2, -0.15) is 0 Å². The van der Waals surface area contributed by atoms with Crippen molar-refractivity contribution in [1.29, 1.82) is 0 Å². The maximum absolute atomic E-state index is 12.8. The third-order valence-corrected chi connectivity index (χ3v) is 6.11. The lowest BCUT2D eigenvalue weighted by Gasteiger charge is -2.33. The van der Waals surface area contributed by atoms with Gasteiger partial charge in [0.25, 0.3) is 5.91 Å². The summed E-state index contributed by atoms with van der Waals surface area (Å²) in [5.74, 6) is 0.195. The van der Waals surface area contributed by atoms with Crippen molar-refractivity contribution in [3.8, 4) is 0 Å². The maximum Gasteiger partial charge on any atom is 0.325 e. The third-order valence-electron chi connectivity index (χ3n) is 6.11. The van der Waals surface area contributed by atoms with Crippen LogP contribution in [0.4, 0.5) is 16.3 Å². The van der Waals surface area contributed by atoms with Gasteiger partial charge < -0.3 is 20.4 Å². The number of imide groups is 1. The fraction of sp³-hybridized carbons (Fsp3) is 0.600. The van der Waals surface area contributed by atoms with Crippen LogP contribution in [0.3, 0.4) is 0 Å². The van der Waals surface area contributed by atoms with Gasteiger partial charge in [-0.3, -0.25) is 14.5 Å². The number of carbonyl (C=O) groups is 3. The molecule has 2 N–H and O–H groups in total. The zero-order valence-corrected chi connectivity index (χ0v) is 16.8. The Morgan fingerprint density at radius 3 is 2.52 bits per heavy atom. The molecular weight excluding hydrogens is 372 g/mol. The number of nitrogens with one attached hydrogen (secondary N) is 2. The highest BCUT2D eigenvalue weighted by molar-refractivity contribution is 6.10. The second-order valence-electron chi connectivity index (χ2n) is 8.21. The van der Waals surface area contributed by atoms with Gasteiger partial charge in [0.2, 0.25) is 5.91 Å². The van der Waals surface area contributed by atoms with E-state index in [0.29, 0.717) is 18.5 Å². The van der Waals surface area contributed by atoms with E-state index in [4.69, 9.17) is 0 Å². The van der Waals surface area contributed by atoms with Crippen molar-refractivity contribution < 1.29 is 14.4 Å². The van der Waals surface area contributed by atoms with E-state index >= 15 is 0 Å². The van der Waals surface area contributed by atoms with E-state index in [1.165, 1.54) is 0 Å². The van der Waals surface area contributed by atoms with Crippen molar-refractivity contribution in [3.05, 3.63) is 18.3 Å². The van der Waals surface area contributed by atoms with E-state index in [-0.39, 0.29) is 12.5 Å². The van der Waals surface area contributed by atoms with Crippen LogP contribution in [-0.4, -0.2) is 77.9 Å². The molecule has 4 amide bonds. The second kappa shape index (κ2) is 7.98. The summed E-state index contributed by atoms with van der Waals surface area (Å²) in [6.07, 6.45) is 5.80. The molecule has 3 aliphatic rings. The van der Waals surface area contributed by atoms with E-state index in [1.54, 1.807) is 12.3 Å². The maximum atomic E-state index is 12.8. The molecule has 9 nitrogen and oxygen atoms in total. The molecule has 0 bridgehead atoms. The molecule has 1 aromatic rings. The summed E-state index contributed by atoms with van der Waals surface area (Å²) in [5.41, 5.74) is -0.256. The number of aromatic nitrogens is 1. The quantitative estimate of drug-likeness (QED) is 0.733. The number of amides is 4. The van der Waals surface area contributed by atoms with E-state index < -0.39 is 17.5 Å². The Balaban J connectivity index is 1.34. The number of rotatable bonds is 4. The molecule has 3 heterocycles. The highest BCUT2D eigenvalue weighted by Crippen LogP contribution is 2.33. The van der Waals surface area contributed by atoms with Crippen LogP contribution in [0, 0.1) is 0 Å². The lowest BCUT2D eigenvalue weighted by molar-refractivity contribution is -0.134. The van der Waals surface area contributed by atoms with E-state index in [2.05, 4.69) is 32.5 Å². The first-order chi connectivity index (χ1) is 14.0. The number of nitrogens with zero attached hydrogens (tertiary/aromatic N) is 4. The normalized spacial score (nSPS) is 22.1. The number of hydrogen-bond donors (Lipinski definition) is 2. The summed E-state index contributed by atoms with van der Waals surface area (Å²) in [5, 5.41) is 5.56. The first-order valence-electron chi connectivity index (χ1n) is 10.3. The largest absolute Gasteiger partial charge is 0.354 e. The van der Waals surface area contributed by atoms with Gasteiger partial charge >= 0.3 is 6.03 Å². The topological polar surface area (TPSA) is 97.9 Å². The molecule has 0 radical (unpaired) electrons. The van der Waals surface area contributed by atoms with Crippen molar-refractivity contribution in [3.63, 3.8) is 0 Å². The number of carbonyl (C=O) groups excluding carboxylic acids is 3. The van der Waals surface area contributed by atoms with Gasteiger partial charge in [-0.05, 0) is 32.0 Å². The summed E-state index contributed by atoms with van der Waals surface area (Å²) >= 11 is 0.